The summed E-state index contributed by atoms with van der Waals surface area (Å²) >= 11 is 0. The van der Waals surface area contributed by atoms with Crippen LogP contribution in [0.5, 0.6) is 0 Å². The average Bonchev–Trinajstić information content (AvgIpc) is 2.39. The maximum absolute atomic E-state index is 9.92. The van der Waals surface area contributed by atoms with E-state index in [1.165, 1.54) is 0 Å². The maximum atomic E-state index is 9.92. The second kappa shape index (κ2) is 3.55. The predicted octanol–water partition coefficient (Wildman–Crippen LogP) is -1.39. The standard InChI is InChI=1S/C5H8N4O2/c10-4(11)3-8-9-5-6-1-2-7-5/h3H,1-2H2,(H,10,11)(H2,6,7,9)/b8-3+. The van der Waals surface area contributed by atoms with Gasteiger partial charge in [0.25, 0.3) is 0 Å². The number of aliphatic imine (C=N–C) groups is 1. The highest BCUT2D eigenvalue weighted by molar-refractivity contribution is 6.22. The fourth-order valence-electron chi connectivity index (χ4n) is 0.621. The summed E-state index contributed by atoms with van der Waals surface area (Å²) in [6.07, 6.45) is 0.766. The number of aliphatic carboxylic acids is 1. The second-order valence-corrected chi connectivity index (χ2v) is 1.87. The lowest BCUT2D eigenvalue weighted by atomic mass is 10.7. The summed E-state index contributed by atoms with van der Waals surface area (Å²) in [5.74, 6) is -0.571. The van der Waals surface area contributed by atoms with E-state index < -0.39 is 5.97 Å². The van der Waals surface area contributed by atoms with Gasteiger partial charge in [-0.2, -0.15) is 5.10 Å². The molecule has 0 saturated carbocycles. The lowest BCUT2D eigenvalue weighted by molar-refractivity contribution is -0.128. The van der Waals surface area contributed by atoms with Crippen LogP contribution in [0.4, 0.5) is 0 Å². The van der Waals surface area contributed by atoms with Gasteiger partial charge in [-0.3, -0.25) is 0 Å². The molecular weight excluding hydrogens is 148 g/mol. The van der Waals surface area contributed by atoms with Crippen molar-refractivity contribution in [1.82, 2.24) is 10.7 Å². The van der Waals surface area contributed by atoms with Crippen molar-refractivity contribution in [3.63, 3.8) is 0 Å². The van der Waals surface area contributed by atoms with Crippen molar-refractivity contribution in [3.8, 4) is 0 Å². The summed E-state index contributed by atoms with van der Waals surface area (Å²) in [5, 5.41) is 14.4. The molecule has 0 amide bonds. The van der Waals surface area contributed by atoms with Crippen LogP contribution in [0.1, 0.15) is 0 Å². The molecule has 11 heavy (non-hydrogen) atoms. The first-order chi connectivity index (χ1) is 5.29. The number of hydrogen-bond acceptors (Lipinski definition) is 5. The molecule has 3 N–H and O–H groups in total. The molecule has 0 fully saturated rings. The highest BCUT2D eigenvalue weighted by Gasteiger charge is 2.01. The molecule has 1 rings (SSSR count). The normalized spacial score (nSPS) is 16.2. The third-order valence-corrected chi connectivity index (χ3v) is 1.02. The van der Waals surface area contributed by atoms with Crippen molar-refractivity contribution in [2.75, 3.05) is 13.1 Å². The van der Waals surface area contributed by atoms with E-state index in [9.17, 15) is 4.79 Å². The first kappa shape index (κ1) is 7.52. The van der Waals surface area contributed by atoms with Gasteiger partial charge in [0.05, 0.1) is 6.54 Å². The van der Waals surface area contributed by atoms with Gasteiger partial charge in [0.2, 0.25) is 5.96 Å². The first-order valence-electron chi connectivity index (χ1n) is 3.09. The number of hydrogen-bond donors (Lipinski definition) is 3. The largest absolute Gasteiger partial charge is 0.477 e. The molecule has 0 spiro atoms. The third kappa shape index (κ3) is 2.65. The maximum Gasteiger partial charge on any atom is 0.348 e. The van der Waals surface area contributed by atoms with Crippen LogP contribution in [-0.2, 0) is 4.79 Å². The molecule has 1 heterocycles. The summed E-state index contributed by atoms with van der Waals surface area (Å²) in [7, 11) is 0. The molecule has 0 aliphatic carbocycles. The van der Waals surface area contributed by atoms with Gasteiger partial charge in [0.1, 0.15) is 6.21 Å². The number of carboxylic acid groups (broad SMARTS) is 1. The Hall–Kier alpha value is -1.59. The van der Waals surface area contributed by atoms with Crippen molar-refractivity contribution in [2.45, 2.75) is 0 Å². The Morgan fingerprint density at radius 3 is 3.27 bits per heavy atom. The quantitative estimate of drug-likeness (QED) is 0.339. The molecule has 0 aromatic rings. The van der Waals surface area contributed by atoms with E-state index in [1.54, 1.807) is 0 Å². The van der Waals surface area contributed by atoms with Crippen molar-refractivity contribution in [3.05, 3.63) is 0 Å². The van der Waals surface area contributed by atoms with Crippen LogP contribution >= 0.6 is 0 Å². The van der Waals surface area contributed by atoms with E-state index >= 15 is 0 Å². The molecule has 60 valence electrons. The Bertz CT molecular complexity index is 211. The zero-order chi connectivity index (χ0) is 8.10. The molecule has 0 aromatic heterocycles. The lowest BCUT2D eigenvalue weighted by Crippen LogP contribution is -2.30. The Labute approximate surface area is 63.0 Å². The van der Waals surface area contributed by atoms with Gasteiger partial charge in [-0.1, -0.05) is 0 Å². The fraction of sp³-hybridized carbons (Fsp3) is 0.400. The topological polar surface area (TPSA) is 86.1 Å². The lowest BCUT2D eigenvalue weighted by Gasteiger charge is -1.96. The second-order valence-electron chi connectivity index (χ2n) is 1.87. The van der Waals surface area contributed by atoms with Gasteiger partial charge in [-0.25, -0.2) is 15.2 Å². The Morgan fingerprint density at radius 2 is 2.73 bits per heavy atom. The molecule has 6 nitrogen and oxygen atoms in total. The Balaban J connectivity index is 2.26. The van der Waals surface area contributed by atoms with Crippen LogP contribution in [0.3, 0.4) is 0 Å². The van der Waals surface area contributed by atoms with Gasteiger partial charge in [0.15, 0.2) is 0 Å². The number of guanidine groups is 1. The Kier molecular flexibility index (Phi) is 2.42. The number of nitrogens with zero attached hydrogens (tertiary/aromatic N) is 2. The van der Waals surface area contributed by atoms with Crippen LogP contribution in [0.2, 0.25) is 0 Å². The van der Waals surface area contributed by atoms with Crippen molar-refractivity contribution in [2.24, 2.45) is 10.1 Å². The summed E-state index contributed by atoms with van der Waals surface area (Å²) in [4.78, 5) is 13.8. The number of nitrogens with one attached hydrogen (secondary N) is 2. The van der Waals surface area contributed by atoms with Crippen molar-refractivity contribution < 1.29 is 9.90 Å². The smallest absolute Gasteiger partial charge is 0.348 e. The molecule has 1 aliphatic heterocycles. The first-order valence-corrected chi connectivity index (χ1v) is 3.09. The molecule has 0 saturated heterocycles. The van der Waals surface area contributed by atoms with E-state index in [4.69, 9.17) is 5.11 Å². The van der Waals surface area contributed by atoms with Crippen LogP contribution in [0.15, 0.2) is 10.1 Å². The van der Waals surface area contributed by atoms with Crippen LogP contribution in [0.25, 0.3) is 0 Å². The minimum Gasteiger partial charge on any atom is -0.477 e. The third-order valence-electron chi connectivity index (χ3n) is 1.02. The zero-order valence-electron chi connectivity index (χ0n) is 5.74. The van der Waals surface area contributed by atoms with E-state index in [2.05, 4.69) is 20.8 Å². The van der Waals surface area contributed by atoms with Crippen LogP contribution in [0, 0.1) is 0 Å². The predicted molar refractivity (Wildman–Crippen MR) is 39.6 cm³/mol. The minimum absolute atomic E-state index is 0.516. The molecule has 0 bridgehead atoms. The number of rotatable bonds is 2. The van der Waals surface area contributed by atoms with E-state index in [1.807, 2.05) is 0 Å². The number of carbonyl (C=O) groups is 1. The van der Waals surface area contributed by atoms with E-state index in [0.717, 1.165) is 12.8 Å². The van der Waals surface area contributed by atoms with Crippen molar-refractivity contribution >= 4 is 18.1 Å². The Morgan fingerprint density at radius 1 is 1.91 bits per heavy atom. The van der Waals surface area contributed by atoms with Gasteiger partial charge < -0.3 is 10.4 Å². The molecule has 0 aromatic carbocycles. The van der Waals surface area contributed by atoms with Crippen LogP contribution in [-0.4, -0.2) is 36.3 Å². The average molecular weight is 156 g/mol. The van der Waals surface area contributed by atoms with E-state index in [0.29, 0.717) is 12.5 Å². The highest BCUT2D eigenvalue weighted by atomic mass is 16.4. The zero-order valence-corrected chi connectivity index (χ0v) is 5.74. The van der Waals surface area contributed by atoms with E-state index in [-0.39, 0.29) is 0 Å². The fourth-order valence-corrected chi connectivity index (χ4v) is 0.621. The van der Waals surface area contributed by atoms with Gasteiger partial charge in [-0.15, -0.1) is 0 Å². The summed E-state index contributed by atoms with van der Waals surface area (Å²) in [6, 6.07) is 0. The molecule has 0 atom stereocenters. The SMILES string of the molecule is O=C(O)/C=N/NC1=NCCN1. The number of hydrazone groups is 1. The monoisotopic (exact) mass is 156 g/mol. The molecule has 0 radical (unpaired) electrons. The molecular formula is C5H8N4O2. The molecule has 1 aliphatic rings. The highest BCUT2D eigenvalue weighted by Crippen LogP contribution is 1.79. The van der Waals surface area contributed by atoms with Crippen molar-refractivity contribution in [1.29, 1.82) is 0 Å². The van der Waals surface area contributed by atoms with Gasteiger partial charge in [-0.05, 0) is 0 Å². The van der Waals surface area contributed by atoms with Gasteiger partial charge in [0, 0.05) is 6.54 Å². The molecule has 6 heteroatoms. The summed E-state index contributed by atoms with van der Waals surface area (Å²) < 4.78 is 0. The summed E-state index contributed by atoms with van der Waals surface area (Å²) in [6.45, 7) is 1.47. The molecule has 0 unspecified atom stereocenters. The van der Waals surface area contributed by atoms with Crippen LogP contribution < -0.4 is 10.7 Å². The minimum atomic E-state index is -1.09. The summed E-state index contributed by atoms with van der Waals surface area (Å²) in [5.41, 5.74) is 2.44. The number of carboxylic acids is 1. The van der Waals surface area contributed by atoms with Gasteiger partial charge >= 0.3 is 5.97 Å².